The maximum absolute atomic E-state index is 4.82. The number of likely N-dealkylation sites (tertiary alicyclic amines) is 1. The third kappa shape index (κ3) is 4.46. The summed E-state index contributed by atoms with van der Waals surface area (Å²) in [6.45, 7) is 6.19. The van der Waals surface area contributed by atoms with Gasteiger partial charge >= 0.3 is 0 Å². The predicted molar refractivity (Wildman–Crippen MR) is 89.7 cm³/mol. The number of aliphatic imine (C=N–C) groups is 1. The van der Waals surface area contributed by atoms with Crippen molar-refractivity contribution in [2.24, 2.45) is 4.99 Å². The molecule has 4 nitrogen and oxygen atoms in total. The standard InChI is InChI=1S/C17H28N4/c1-4-18-17(20(2)3)19-14-16(21-12-8-9-13-21)15-10-6-5-7-11-15/h5-7,10-11,16H,4,8-9,12-14H2,1-3H3,(H,18,19). The molecule has 1 aliphatic rings. The van der Waals surface area contributed by atoms with Gasteiger partial charge in [0.25, 0.3) is 0 Å². The fourth-order valence-corrected chi connectivity index (χ4v) is 2.85. The summed E-state index contributed by atoms with van der Waals surface area (Å²) in [7, 11) is 4.07. The number of hydrogen-bond donors (Lipinski definition) is 1. The summed E-state index contributed by atoms with van der Waals surface area (Å²) < 4.78 is 0. The summed E-state index contributed by atoms with van der Waals surface area (Å²) in [5.74, 6) is 0.970. The van der Waals surface area contributed by atoms with Crippen LogP contribution in [0.25, 0.3) is 0 Å². The summed E-state index contributed by atoms with van der Waals surface area (Å²) in [5, 5.41) is 3.34. The first kappa shape index (κ1) is 15.8. The molecule has 0 bridgehead atoms. The molecule has 2 rings (SSSR count). The van der Waals surface area contributed by atoms with Crippen LogP contribution in [0.1, 0.15) is 31.4 Å². The second-order valence-corrected chi connectivity index (χ2v) is 5.76. The van der Waals surface area contributed by atoms with Crippen LogP contribution in [0.3, 0.4) is 0 Å². The van der Waals surface area contributed by atoms with Crippen LogP contribution in [0.4, 0.5) is 0 Å². The zero-order valence-electron chi connectivity index (χ0n) is 13.5. The molecular formula is C17H28N4. The van der Waals surface area contributed by atoms with Gasteiger partial charge in [-0.05, 0) is 38.4 Å². The molecule has 1 saturated heterocycles. The first-order valence-electron chi connectivity index (χ1n) is 7.97. The SMILES string of the molecule is CCNC(=NCC(c1ccccc1)N1CCCC1)N(C)C. The van der Waals surface area contributed by atoms with Gasteiger partial charge in [-0.15, -0.1) is 0 Å². The Bertz CT molecular complexity index is 435. The first-order valence-corrected chi connectivity index (χ1v) is 7.97. The molecule has 4 heteroatoms. The lowest BCUT2D eigenvalue weighted by Crippen LogP contribution is -2.37. The molecule has 0 radical (unpaired) electrons. The van der Waals surface area contributed by atoms with Crippen molar-refractivity contribution in [1.29, 1.82) is 0 Å². The topological polar surface area (TPSA) is 30.9 Å². The Kier molecular flexibility index (Phi) is 6.05. The van der Waals surface area contributed by atoms with Crippen LogP contribution in [0.15, 0.2) is 35.3 Å². The Balaban J connectivity index is 2.14. The van der Waals surface area contributed by atoms with Crippen molar-refractivity contribution >= 4 is 5.96 Å². The number of nitrogens with zero attached hydrogens (tertiary/aromatic N) is 3. The Morgan fingerprint density at radius 3 is 2.48 bits per heavy atom. The van der Waals surface area contributed by atoms with Crippen molar-refractivity contribution in [3.8, 4) is 0 Å². The van der Waals surface area contributed by atoms with Crippen molar-refractivity contribution in [2.75, 3.05) is 40.3 Å². The highest BCUT2D eigenvalue weighted by atomic mass is 15.3. The Hall–Kier alpha value is -1.55. The van der Waals surface area contributed by atoms with Gasteiger partial charge in [-0.1, -0.05) is 30.3 Å². The normalized spacial score (nSPS) is 17.8. The lowest BCUT2D eigenvalue weighted by molar-refractivity contribution is 0.251. The minimum Gasteiger partial charge on any atom is -0.357 e. The number of guanidine groups is 1. The van der Waals surface area contributed by atoms with Crippen molar-refractivity contribution in [1.82, 2.24) is 15.1 Å². The fraction of sp³-hybridized carbons (Fsp3) is 0.588. The van der Waals surface area contributed by atoms with E-state index in [9.17, 15) is 0 Å². The van der Waals surface area contributed by atoms with Crippen LogP contribution in [0.5, 0.6) is 0 Å². The number of hydrogen-bond acceptors (Lipinski definition) is 2. The molecule has 1 fully saturated rings. The summed E-state index contributed by atoms with van der Waals surface area (Å²) in [6, 6.07) is 11.2. The molecule has 1 aliphatic heterocycles. The van der Waals surface area contributed by atoms with E-state index in [1.807, 2.05) is 14.1 Å². The molecule has 0 spiro atoms. The molecule has 0 aliphatic carbocycles. The molecule has 1 aromatic carbocycles. The highest BCUT2D eigenvalue weighted by Gasteiger charge is 2.23. The van der Waals surface area contributed by atoms with Gasteiger partial charge in [-0.2, -0.15) is 0 Å². The monoisotopic (exact) mass is 288 g/mol. The number of nitrogens with one attached hydrogen (secondary N) is 1. The molecular weight excluding hydrogens is 260 g/mol. The lowest BCUT2D eigenvalue weighted by atomic mass is 10.1. The molecule has 1 unspecified atom stereocenters. The molecule has 0 saturated carbocycles. The minimum absolute atomic E-state index is 0.391. The Morgan fingerprint density at radius 2 is 1.90 bits per heavy atom. The van der Waals surface area contributed by atoms with Crippen LogP contribution in [-0.2, 0) is 0 Å². The van der Waals surface area contributed by atoms with Gasteiger partial charge in [0, 0.05) is 20.6 Å². The molecule has 0 amide bonds. The summed E-state index contributed by atoms with van der Waals surface area (Å²) >= 11 is 0. The van der Waals surface area contributed by atoms with Gasteiger partial charge in [0.1, 0.15) is 0 Å². The van der Waals surface area contributed by atoms with E-state index in [-0.39, 0.29) is 0 Å². The minimum atomic E-state index is 0.391. The molecule has 0 aromatic heterocycles. The van der Waals surface area contributed by atoms with Crippen molar-refractivity contribution in [2.45, 2.75) is 25.8 Å². The van der Waals surface area contributed by atoms with E-state index in [1.165, 1.54) is 31.5 Å². The van der Waals surface area contributed by atoms with Gasteiger partial charge in [0.05, 0.1) is 12.6 Å². The second-order valence-electron chi connectivity index (χ2n) is 5.76. The first-order chi connectivity index (χ1) is 10.2. The highest BCUT2D eigenvalue weighted by molar-refractivity contribution is 5.79. The van der Waals surface area contributed by atoms with Crippen LogP contribution in [0, 0.1) is 0 Å². The molecule has 1 heterocycles. The second kappa shape index (κ2) is 8.03. The van der Waals surface area contributed by atoms with Crippen molar-refractivity contribution in [3.05, 3.63) is 35.9 Å². The zero-order valence-corrected chi connectivity index (χ0v) is 13.5. The van der Waals surface area contributed by atoms with Crippen LogP contribution >= 0.6 is 0 Å². The highest BCUT2D eigenvalue weighted by Crippen LogP contribution is 2.25. The van der Waals surface area contributed by atoms with E-state index in [1.54, 1.807) is 0 Å². The fourth-order valence-electron chi connectivity index (χ4n) is 2.85. The number of rotatable bonds is 5. The molecule has 1 atom stereocenters. The third-order valence-electron chi connectivity index (χ3n) is 3.94. The lowest BCUT2D eigenvalue weighted by Gasteiger charge is -2.27. The van der Waals surface area contributed by atoms with Crippen molar-refractivity contribution in [3.63, 3.8) is 0 Å². The third-order valence-corrected chi connectivity index (χ3v) is 3.94. The Labute approximate surface area is 128 Å². The zero-order chi connectivity index (χ0) is 15.1. The summed E-state index contributed by atoms with van der Waals surface area (Å²) in [6.07, 6.45) is 2.61. The molecule has 1 aromatic rings. The summed E-state index contributed by atoms with van der Waals surface area (Å²) in [5.41, 5.74) is 1.37. The van der Waals surface area contributed by atoms with Gasteiger partial charge in [-0.3, -0.25) is 9.89 Å². The van der Waals surface area contributed by atoms with E-state index in [0.717, 1.165) is 19.0 Å². The quantitative estimate of drug-likeness (QED) is 0.666. The van der Waals surface area contributed by atoms with E-state index in [2.05, 4.69) is 52.4 Å². The van der Waals surface area contributed by atoms with E-state index in [0.29, 0.717) is 6.04 Å². The van der Waals surface area contributed by atoms with Gasteiger partial charge in [0.2, 0.25) is 0 Å². The number of benzene rings is 1. The van der Waals surface area contributed by atoms with E-state index in [4.69, 9.17) is 4.99 Å². The maximum atomic E-state index is 4.82. The Morgan fingerprint density at radius 1 is 1.24 bits per heavy atom. The smallest absolute Gasteiger partial charge is 0.193 e. The average Bonchev–Trinajstić information content (AvgIpc) is 3.01. The largest absolute Gasteiger partial charge is 0.357 e. The molecule has 21 heavy (non-hydrogen) atoms. The van der Waals surface area contributed by atoms with Gasteiger partial charge in [0.15, 0.2) is 5.96 Å². The maximum Gasteiger partial charge on any atom is 0.193 e. The van der Waals surface area contributed by atoms with Crippen LogP contribution < -0.4 is 5.32 Å². The van der Waals surface area contributed by atoms with Gasteiger partial charge < -0.3 is 10.2 Å². The predicted octanol–water partition coefficient (Wildman–Crippen LogP) is 2.35. The van der Waals surface area contributed by atoms with Crippen LogP contribution in [-0.4, -0.2) is 56.0 Å². The average molecular weight is 288 g/mol. The summed E-state index contributed by atoms with van der Waals surface area (Å²) in [4.78, 5) is 9.44. The van der Waals surface area contributed by atoms with Crippen LogP contribution in [0.2, 0.25) is 0 Å². The van der Waals surface area contributed by atoms with Crippen molar-refractivity contribution < 1.29 is 0 Å². The molecule has 1 N–H and O–H groups in total. The van der Waals surface area contributed by atoms with E-state index < -0.39 is 0 Å². The van der Waals surface area contributed by atoms with E-state index >= 15 is 0 Å². The van der Waals surface area contributed by atoms with Gasteiger partial charge in [-0.25, -0.2) is 0 Å². The molecule has 116 valence electrons.